The first-order valence-electron chi connectivity index (χ1n) is 3.63. The van der Waals surface area contributed by atoms with Crippen molar-refractivity contribution in [3.05, 3.63) is 33.5 Å². The number of carbonyl (C=O) groups is 2. The molecule has 1 rings (SSSR count). The van der Waals surface area contributed by atoms with Crippen LogP contribution in [0, 0.1) is 5.82 Å². The Morgan fingerprint density at radius 2 is 2.21 bits per heavy atom. The Bertz CT molecular complexity index is 390. The molecular formula is C9H6BrFO3. The molecular weight excluding hydrogens is 255 g/mol. The molecule has 0 saturated heterocycles. The topological polar surface area (TPSA) is 43.4 Å². The molecule has 0 aromatic heterocycles. The predicted molar refractivity (Wildman–Crippen MR) is 50.8 cm³/mol. The number of halogens is 2. The standard InChI is InChI=1S/C9H6BrFO3/c1-14-9(13)5-2-3-7(10)6(4-12)8(5)11/h2-4H,1H3. The second-order valence-electron chi connectivity index (χ2n) is 2.43. The van der Waals surface area contributed by atoms with Crippen LogP contribution in [0.4, 0.5) is 4.39 Å². The number of hydrogen-bond donors (Lipinski definition) is 0. The zero-order valence-electron chi connectivity index (χ0n) is 7.21. The number of ether oxygens (including phenoxy) is 1. The van der Waals surface area contributed by atoms with Gasteiger partial charge in [0.05, 0.1) is 18.2 Å². The Kier molecular flexibility index (Phi) is 3.35. The third-order valence-electron chi connectivity index (χ3n) is 1.65. The van der Waals surface area contributed by atoms with Crippen molar-refractivity contribution in [2.45, 2.75) is 0 Å². The van der Waals surface area contributed by atoms with Crippen LogP contribution in [0.1, 0.15) is 20.7 Å². The number of methoxy groups -OCH3 is 1. The molecule has 0 aliphatic rings. The lowest BCUT2D eigenvalue weighted by atomic mass is 10.1. The fourth-order valence-electron chi connectivity index (χ4n) is 0.945. The minimum absolute atomic E-state index is 0.187. The summed E-state index contributed by atoms with van der Waals surface area (Å²) in [5.74, 6) is -1.68. The van der Waals surface area contributed by atoms with Gasteiger partial charge in [0.1, 0.15) is 5.82 Å². The summed E-state index contributed by atoms with van der Waals surface area (Å²) in [6.45, 7) is 0. The van der Waals surface area contributed by atoms with E-state index >= 15 is 0 Å². The summed E-state index contributed by atoms with van der Waals surface area (Å²) in [5, 5.41) is 0. The summed E-state index contributed by atoms with van der Waals surface area (Å²) >= 11 is 2.99. The zero-order valence-corrected chi connectivity index (χ0v) is 8.80. The lowest BCUT2D eigenvalue weighted by molar-refractivity contribution is 0.0595. The van der Waals surface area contributed by atoms with Gasteiger partial charge in [0.25, 0.3) is 0 Å². The maximum Gasteiger partial charge on any atom is 0.340 e. The largest absolute Gasteiger partial charge is 0.465 e. The first-order chi connectivity index (χ1) is 6.61. The average molecular weight is 261 g/mol. The Labute approximate surface area is 88.0 Å². The van der Waals surface area contributed by atoms with Crippen LogP contribution in [0.3, 0.4) is 0 Å². The number of carbonyl (C=O) groups excluding carboxylic acids is 2. The van der Waals surface area contributed by atoms with Gasteiger partial charge in [-0.05, 0) is 28.1 Å². The third kappa shape index (κ3) is 1.82. The molecule has 0 bridgehead atoms. The molecule has 0 aliphatic carbocycles. The molecule has 14 heavy (non-hydrogen) atoms. The molecule has 1 aromatic rings. The van der Waals surface area contributed by atoms with Gasteiger partial charge in [-0.25, -0.2) is 9.18 Å². The van der Waals surface area contributed by atoms with E-state index in [4.69, 9.17) is 0 Å². The highest BCUT2D eigenvalue weighted by molar-refractivity contribution is 9.10. The van der Waals surface area contributed by atoms with Gasteiger partial charge in [-0.15, -0.1) is 0 Å². The molecule has 0 fully saturated rings. The molecule has 0 spiro atoms. The molecule has 0 amide bonds. The zero-order chi connectivity index (χ0) is 10.7. The Morgan fingerprint density at radius 1 is 1.57 bits per heavy atom. The van der Waals surface area contributed by atoms with Gasteiger partial charge in [0.15, 0.2) is 6.29 Å². The summed E-state index contributed by atoms with van der Waals surface area (Å²) in [5.41, 5.74) is -0.439. The molecule has 0 atom stereocenters. The van der Waals surface area contributed by atoms with Crippen molar-refractivity contribution in [2.75, 3.05) is 7.11 Å². The molecule has 0 N–H and O–H groups in total. The molecule has 0 unspecified atom stereocenters. The third-order valence-corrected chi connectivity index (χ3v) is 2.34. The van der Waals surface area contributed by atoms with E-state index in [9.17, 15) is 14.0 Å². The highest BCUT2D eigenvalue weighted by atomic mass is 79.9. The molecule has 0 heterocycles. The fraction of sp³-hybridized carbons (Fsp3) is 0.111. The van der Waals surface area contributed by atoms with E-state index in [-0.39, 0.29) is 11.1 Å². The van der Waals surface area contributed by atoms with Crippen molar-refractivity contribution in [3.63, 3.8) is 0 Å². The number of aldehydes is 1. The minimum atomic E-state index is -0.874. The summed E-state index contributed by atoms with van der Waals surface area (Å²) in [6, 6.07) is 2.66. The molecule has 74 valence electrons. The average Bonchev–Trinajstić information content (AvgIpc) is 2.18. The van der Waals surface area contributed by atoms with Gasteiger partial charge in [0.2, 0.25) is 0 Å². The molecule has 1 aromatic carbocycles. The second kappa shape index (κ2) is 4.32. The van der Waals surface area contributed by atoms with Gasteiger partial charge in [-0.2, -0.15) is 0 Å². The van der Waals surface area contributed by atoms with Gasteiger partial charge >= 0.3 is 5.97 Å². The lowest BCUT2D eigenvalue weighted by Gasteiger charge is -2.04. The van der Waals surface area contributed by atoms with Gasteiger partial charge in [0, 0.05) is 4.47 Å². The van der Waals surface area contributed by atoms with E-state index in [1.807, 2.05) is 0 Å². The van der Waals surface area contributed by atoms with Crippen LogP contribution in [0.25, 0.3) is 0 Å². The van der Waals surface area contributed by atoms with E-state index in [2.05, 4.69) is 20.7 Å². The van der Waals surface area contributed by atoms with Crippen molar-refractivity contribution >= 4 is 28.2 Å². The number of esters is 1. The summed E-state index contributed by atoms with van der Waals surface area (Å²) in [6.07, 6.45) is 0.339. The molecule has 0 radical (unpaired) electrons. The van der Waals surface area contributed by atoms with Crippen LogP contribution in [-0.4, -0.2) is 19.4 Å². The number of hydrogen-bond acceptors (Lipinski definition) is 3. The van der Waals surface area contributed by atoms with Crippen molar-refractivity contribution in [3.8, 4) is 0 Å². The van der Waals surface area contributed by atoms with Crippen LogP contribution in [-0.2, 0) is 4.74 Å². The van der Waals surface area contributed by atoms with Crippen LogP contribution in [0.2, 0.25) is 0 Å². The predicted octanol–water partition coefficient (Wildman–Crippen LogP) is 2.19. The first-order valence-corrected chi connectivity index (χ1v) is 4.42. The van der Waals surface area contributed by atoms with Crippen molar-refractivity contribution < 1.29 is 18.7 Å². The summed E-state index contributed by atoms with van der Waals surface area (Å²) in [7, 11) is 1.14. The normalized spacial score (nSPS) is 9.64. The summed E-state index contributed by atoms with van der Waals surface area (Å²) in [4.78, 5) is 21.5. The molecule has 3 nitrogen and oxygen atoms in total. The van der Waals surface area contributed by atoms with Gasteiger partial charge in [-0.1, -0.05) is 0 Å². The fourth-order valence-corrected chi connectivity index (χ4v) is 1.34. The highest BCUT2D eigenvalue weighted by Gasteiger charge is 2.17. The minimum Gasteiger partial charge on any atom is -0.465 e. The quantitative estimate of drug-likeness (QED) is 0.605. The van der Waals surface area contributed by atoms with Crippen LogP contribution < -0.4 is 0 Å². The van der Waals surface area contributed by atoms with Gasteiger partial charge in [-0.3, -0.25) is 4.79 Å². The Hall–Kier alpha value is -1.23. The van der Waals surface area contributed by atoms with E-state index in [0.29, 0.717) is 10.8 Å². The Morgan fingerprint density at radius 3 is 2.71 bits per heavy atom. The van der Waals surface area contributed by atoms with E-state index in [0.717, 1.165) is 7.11 Å². The van der Waals surface area contributed by atoms with Crippen LogP contribution in [0.15, 0.2) is 16.6 Å². The summed E-state index contributed by atoms with van der Waals surface area (Å²) < 4.78 is 18.1. The lowest BCUT2D eigenvalue weighted by Crippen LogP contribution is -2.06. The second-order valence-corrected chi connectivity index (χ2v) is 3.29. The SMILES string of the molecule is COC(=O)c1ccc(Br)c(C=O)c1F. The molecule has 5 heteroatoms. The van der Waals surface area contributed by atoms with E-state index in [1.54, 1.807) is 0 Å². The van der Waals surface area contributed by atoms with Crippen LogP contribution >= 0.6 is 15.9 Å². The monoisotopic (exact) mass is 260 g/mol. The van der Waals surface area contributed by atoms with Crippen LogP contribution in [0.5, 0.6) is 0 Å². The van der Waals surface area contributed by atoms with Crippen molar-refractivity contribution in [2.24, 2.45) is 0 Å². The molecule has 0 aliphatic heterocycles. The van der Waals surface area contributed by atoms with Gasteiger partial charge < -0.3 is 4.74 Å². The maximum atomic E-state index is 13.4. The van der Waals surface area contributed by atoms with Crippen molar-refractivity contribution in [1.82, 2.24) is 0 Å². The smallest absolute Gasteiger partial charge is 0.340 e. The highest BCUT2D eigenvalue weighted by Crippen LogP contribution is 2.21. The molecule has 0 saturated carbocycles. The first kappa shape index (κ1) is 10.8. The van der Waals surface area contributed by atoms with Crippen molar-refractivity contribution in [1.29, 1.82) is 0 Å². The number of benzene rings is 1. The van der Waals surface area contributed by atoms with E-state index in [1.165, 1.54) is 12.1 Å². The maximum absolute atomic E-state index is 13.4. The van der Waals surface area contributed by atoms with E-state index < -0.39 is 11.8 Å². The Balaban J connectivity index is 3.35. The number of rotatable bonds is 2.